The molecule has 1 atom stereocenters. The van der Waals surface area contributed by atoms with E-state index in [-0.39, 0.29) is 11.7 Å². The van der Waals surface area contributed by atoms with Crippen molar-refractivity contribution in [2.75, 3.05) is 0 Å². The van der Waals surface area contributed by atoms with Crippen LogP contribution < -0.4 is 0 Å². The summed E-state index contributed by atoms with van der Waals surface area (Å²) in [5, 5.41) is 8.91. The van der Waals surface area contributed by atoms with Gasteiger partial charge < -0.3 is 5.11 Å². The Labute approximate surface area is 67.8 Å². The Balaban J connectivity index is 2.57. The van der Waals surface area contributed by atoms with E-state index in [1.807, 2.05) is 0 Å². The van der Waals surface area contributed by atoms with Gasteiger partial charge in [-0.2, -0.15) is 0 Å². The molecule has 0 aliphatic carbocycles. The van der Waals surface area contributed by atoms with Crippen molar-refractivity contribution >= 4 is 11.7 Å². The van der Waals surface area contributed by atoms with E-state index in [1.54, 1.807) is 12.4 Å². The van der Waals surface area contributed by atoms with Gasteiger partial charge in [-0.1, -0.05) is 0 Å². The van der Waals surface area contributed by atoms with Crippen molar-refractivity contribution in [1.29, 1.82) is 0 Å². The van der Waals surface area contributed by atoms with E-state index in [1.165, 1.54) is 6.33 Å². The van der Waals surface area contributed by atoms with Gasteiger partial charge in [0.05, 0.1) is 6.42 Å². The van der Waals surface area contributed by atoms with Crippen LogP contribution in [0.4, 0.5) is 0 Å². The molecule has 0 aliphatic rings. The van der Waals surface area contributed by atoms with Gasteiger partial charge in [0.1, 0.15) is 6.33 Å². The molecular formula is C6H7N2O2S+. The van der Waals surface area contributed by atoms with E-state index < -0.39 is 5.44 Å². The topological polar surface area (TPSA) is 63.1 Å². The molecule has 4 nitrogen and oxygen atoms in total. The molecule has 1 unspecified atom stereocenters. The lowest BCUT2D eigenvalue weighted by Crippen LogP contribution is -2.07. The van der Waals surface area contributed by atoms with Gasteiger partial charge in [-0.3, -0.25) is 0 Å². The molecule has 0 spiro atoms. The maximum Gasteiger partial charge on any atom is 0.493 e. The Hall–Kier alpha value is -0.940. The van der Waals surface area contributed by atoms with Gasteiger partial charge in [-0.05, 0) is 5.56 Å². The summed E-state index contributed by atoms with van der Waals surface area (Å²) in [6.07, 6.45) is 4.86. The number of hydrogen-bond acceptors (Lipinski definition) is 4. The molecular weight excluding hydrogens is 164 g/mol. The Kier molecular flexibility index (Phi) is 3.00. The van der Waals surface area contributed by atoms with Crippen molar-refractivity contribution in [1.82, 2.24) is 9.97 Å². The van der Waals surface area contributed by atoms with Crippen LogP contribution >= 0.6 is 0 Å². The van der Waals surface area contributed by atoms with E-state index in [9.17, 15) is 4.21 Å². The fourth-order valence-electron chi connectivity index (χ4n) is 0.671. The van der Waals surface area contributed by atoms with Crippen LogP contribution in [0.25, 0.3) is 0 Å². The van der Waals surface area contributed by atoms with Crippen molar-refractivity contribution in [3.05, 3.63) is 24.3 Å². The summed E-state index contributed by atoms with van der Waals surface area (Å²) in [7, 11) is 0. The third-order valence-corrected chi connectivity index (χ3v) is 1.52. The SMILES string of the molecule is O=[S+]C(O)Cc1cncnc1. The monoisotopic (exact) mass is 171 g/mol. The second-order valence-corrected chi connectivity index (χ2v) is 2.74. The molecule has 0 aliphatic heterocycles. The molecule has 1 rings (SSSR count). The Bertz CT molecular complexity index is 229. The van der Waals surface area contributed by atoms with Crippen LogP contribution in [0.1, 0.15) is 5.56 Å². The Morgan fingerprint density at radius 2 is 2.18 bits per heavy atom. The second kappa shape index (κ2) is 4.05. The first-order valence-corrected chi connectivity index (χ1v) is 3.84. The molecule has 0 saturated carbocycles. The highest BCUT2D eigenvalue weighted by molar-refractivity contribution is 7.66. The molecule has 1 aromatic rings. The Morgan fingerprint density at radius 1 is 1.55 bits per heavy atom. The van der Waals surface area contributed by atoms with Crippen LogP contribution in [0, 0.1) is 0 Å². The van der Waals surface area contributed by atoms with Gasteiger partial charge in [0, 0.05) is 16.6 Å². The van der Waals surface area contributed by atoms with Gasteiger partial charge in [-0.25, -0.2) is 9.97 Å². The minimum atomic E-state index is -0.902. The van der Waals surface area contributed by atoms with E-state index >= 15 is 0 Å². The highest BCUT2D eigenvalue weighted by Gasteiger charge is 2.17. The third kappa shape index (κ3) is 2.65. The fourth-order valence-corrected chi connectivity index (χ4v) is 0.932. The summed E-state index contributed by atoms with van der Waals surface area (Å²) in [5.74, 6) is 0. The zero-order chi connectivity index (χ0) is 8.10. The maximum atomic E-state index is 10.1. The van der Waals surface area contributed by atoms with Gasteiger partial charge in [-0.15, -0.1) is 0 Å². The molecule has 1 N–H and O–H groups in total. The summed E-state index contributed by atoms with van der Waals surface area (Å²) in [6, 6.07) is 0. The lowest BCUT2D eigenvalue weighted by Gasteiger charge is -1.92. The van der Waals surface area contributed by atoms with Crippen LogP contribution in [0.5, 0.6) is 0 Å². The highest BCUT2D eigenvalue weighted by Crippen LogP contribution is 1.97. The largest absolute Gasteiger partial charge is 0.493 e. The number of hydrogen-bond donors (Lipinski definition) is 1. The predicted molar refractivity (Wildman–Crippen MR) is 39.8 cm³/mol. The average Bonchev–Trinajstić information content (AvgIpc) is 2.06. The molecule has 0 amide bonds. The van der Waals surface area contributed by atoms with Crippen molar-refractivity contribution < 1.29 is 9.32 Å². The van der Waals surface area contributed by atoms with Gasteiger partial charge in [0.25, 0.3) is 0 Å². The van der Waals surface area contributed by atoms with E-state index in [0.29, 0.717) is 6.42 Å². The minimum Gasteiger partial charge on any atom is -0.338 e. The first-order valence-electron chi connectivity index (χ1n) is 3.03. The van der Waals surface area contributed by atoms with E-state index in [0.717, 1.165) is 5.56 Å². The van der Waals surface area contributed by atoms with Gasteiger partial charge in [0.15, 0.2) is 0 Å². The van der Waals surface area contributed by atoms with Crippen LogP contribution in [0.15, 0.2) is 18.7 Å². The normalized spacial score (nSPS) is 12.5. The highest BCUT2D eigenvalue weighted by atomic mass is 32.1. The molecule has 0 radical (unpaired) electrons. The molecule has 5 heteroatoms. The standard InChI is InChI=1S/C6H7N2O2S/c9-6(11-10)1-5-2-7-4-8-3-5/h2-4,6,9H,1H2/q+1. The van der Waals surface area contributed by atoms with Crippen LogP contribution in [-0.2, 0) is 22.3 Å². The van der Waals surface area contributed by atoms with E-state index in [2.05, 4.69) is 9.97 Å². The zero-order valence-corrected chi connectivity index (χ0v) is 6.49. The first kappa shape index (κ1) is 8.16. The summed E-state index contributed by atoms with van der Waals surface area (Å²) >= 11 is 0.170. The maximum absolute atomic E-state index is 10.1. The summed E-state index contributed by atoms with van der Waals surface area (Å²) in [5.41, 5.74) is -0.135. The van der Waals surface area contributed by atoms with Crippen LogP contribution in [0.3, 0.4) is 0 Å². The lowest BCUT2D eigenvalue weighted by atomic mass is 10.2. The molecule has 0 bridgehead atoms. The molecule has 0 saturated heterocycles. The van der Waals surface area contributed by atoms with Crippen molar-refractivity contribution in [3.63, 3.8) is 0 Å². The van der Waals surface area contributed by atoms with Gasteiger partial charge >= 0.3 is 17.1 Å². The van der Waals surface area contributed by atoms with Crippen LogP contribution in [-0.4, -0.2) is 20.5 Å². The van der Waals surface area contributed by atoms with Crippen molar-refractivity contribution in [3.8, 4) is 0 Å². The third-order valence-electron chi connectivity index (χ3n) is 1.14. The molecule has 11 heavy (non-hydrogen) atoms. The summed E-state index contributed by atoms with van der Waals surface area (Å²) in [4.78, 5) is 7.48. The average molecular weight is 171 g/mol. The Morgan fingerprint density at radius 3 is 2.73 bits per heavy atom. The molecule has 1 heterocycles. The first-order chi connectivity index (χ1) is 5.33. The van der Waals surface area contributed by atoms with Gasteiger partial charge in [0.2, 0.25) is 0 Å². The zero-order valence-electron chi connectivity index (χ0n) is 5.67. The number of aliphatic hydroxyl groups excluding tert-OH is 1. The molecule has 58 valence electrons. The predicted octanol–water partition coefficient (Wildman–Crippen LogP) is -0.234. The number of rotatable bonds is 3. The number of nitrogens with zero attached hydrogens (tertiary/aromatic N) is 2. The minimum absolute atomic E-state index is 0.170. The lowest BCUT2D eigenvalue weighted by molar-refractivity contribution is 0.259. The number of aliphatic hydroxyl groups is 1. The quantitative estimate of drug-likeness (QED) is 0.504. The van der Waals surface area contributed by atoms with Crippen molar-refractivity contribution in [2.45, 2.75) is 11.9 Å². The van der Waals surface area contributed by atoms with Crippen LogP contribution in [0.2, 0.25) is 0 Å². The van der Waals surface area contributed by atoms with Crippen molar-refractivity contribution in [2.24, 2.45) is 0 Å². The number of aromatic nitrogens is 2. The van der Waals surface area contributed by atoms with E-state index in [4.69, 9.17) is 5.11 Å². The smallest absolute Gasteiger partial charge is 0.338 e. The molecule has 0 fully saturated rings. The summed E-state index contributed by atoms with van der Waals surface area (Å²) < 4.78 is 10.1. The fraction of sp³-hybridized carbons (Fsp3) is 0.333. The molecule has 1 aromatic heterocycles. The second-order valence-electron chi connectivity index (χ2n) is 2.00. The molecule has 0 aromatic carbocycles. The summed E-state index contributed by atoms with van der Waals surface area (Å²) in [6.45, 7) is 0.